The van der Waals surface area contributed by atoms with Crippen LogP contribution in [0.3, 0.4) is 0 Å². The fourth-order valence-corrected chi connectivity index (χ4v) is 10.1. The summed E-state index contributed by atoms with van der Waals surface area (Å²) in [5.74, 6) is -1.32. The molecule has 3 aliphatic heterocycles. The summed E-state index contributed by atoms with van der Waals surface area (Å²) >= 11 is 0. The van der Waals surface area contributed by atoms with Crippen molar-refractivity contribution in [3.8, 4) is 0 Å². The average Bonchev–Trinajstić information content (AvgIpc) is 3.79. The largest absolute Gasteiger partial charge is 0.461 e. The fraction of sp³-hybridized carbons (Fsp3) is 0.509. The number of nitrogens with zero attached hydrogens (tertiary/aromatic N) is 3. The molecule has 4 aliphatic rings. The van der Waals surface area contributed by atoms with Crippen molar-refractivity contribution in [1.82, 2.24) is 10.6 Å². The smallest absolute Gasteiger partial charge is 0.407 e. The first-order chi connectivity index (χ1) is 38.7. The molecule has 0 radical (unpaired) electrons. The molecule has 25 heteroatoms. The molecule has 1 saturated carbocycles. The maximum atomic E-state index is 13.7. The topological polar surface area (TPSA) is 370 Å². The van der Waals surface area contributed by atoms with Crippen molar-refractivity contribution in [2.75, 3.05) is 13.2 Å². The van der Waals surface area contributed by atoms with Crippen molar-refractivity contribution >= 4 is 18.2 Å². The minimum atomic E-state index is -1.84. The maximum Gasteiger partial charge on any atom is 0.407 e. The van der Waals surface area contributed by atoms with Gasteiger partial charge in [-0.25, -0.2) is 9.59 Å². The van der Waals surface area contributed by atoms with E-state index in [4.69, 9.17) is 64.4 Å². The highest BCUT2D eigenvalue weighted by molar-refractivity contribution is 5.70. The molecule has 0 spiro atoms. The van der Waals surface area contributed by atoms with Crippen LogP contribution < -0.4 is 22.1 Å². The molecule has 11 N–H and O–H groups in total. The number of carbonyl (C=O) groups excluding carboxylic acids is 3. The van der Waals surface area contributed by atoms with Gasteiger partial charge in [0.05, 0.1) is 44.0 Å². The normalized spacial score (nSPS) is 32.6. The Morgan fingerprint density at radius 2 is 1.16 bits per heavy atom. The van der Waals surface area contributed by atoms with Crippen molar-refractivity contribution in [2.24, 2.45) is 22.5 Å². The van der Waals surface area contributed by atoms with Gasteiger partial charge in [-0.05, 0) is 40.1 Å². The number of alkyl carbamates (subject to hydrolysis) is 2. The van der Waals surface area contributed by atoms with E-state index in [1.165, 1.54) is 0 Å². The van der Waals surface area contributed by atoms with Crippen LogP contribution in [0.2, 0.25) is 0 Å². The van der Waals surface area contributed by atoms with Crippen molar-refractivity contribution in [2.45, 2.75) is 156 Å². The first-order valence-corrected chi connectivity index (χ1v) is 26.3. The molecule has 8 rings (SSSR count). The van der Waals surface area contributed by atoms with E-state index >= 15 is 0 Å². The monoisotopic (exact) mass is 1120 g/mol. The number of carbonyl (C=O) groups is 3. The highest BCUT2D eigenvalue weighted by Gasteiger charge is 2.55. The molecule has 19 atom stereocenters. The van der Waals surface area contributed by atoms with Gasteiger partial charge in [-0.1, -0.05) is 133 Å². The van der Waals surface area contributed by atoms with Gasteiger partial charge in [0.2, 0.25) is 0 Å². The molecule has 0 bridgehead atoms. The predicted octanol–water partition coefficient (Wildman–Crippen LogP) is 2.59. The van der Waals surface area contributed by atoms with Crippen LogP contribution in [0.15, 0.2) is 126 Å². The Kier molecular flexibility index (Phi) is 21.6. The zero-order valence-corrected chi connectivity index (χ0v) is 43.7. The summed E-state index contributed by atoms with van der Waals surface area (Å²) in [6.45, 7) is 0.346. The Labute approximate surface area is 460 Å². The van der Waals surface area contributed by atoms with Crippen LogP contribution in [0.4, 0.5) is 9.59 Å². The SMILES string of the molecule is C[C@H]1C[C@@H](N)[C@H](O)[C@@H](O[C@@H]2O[C@H](CO)[C@@H](O[C@H]3O[C@@H](CC(=O)OCc4ccccc4)[C@@H](OC(N)c4ccccc4)[C@H](O)[C@H]3NC(=O)OCc3ccccc3)[C@H]2O)[C@@H]1O[C@H]1O[C@H](CN=[N+]=[N-])C[C@H](O)[C@H]1NC(=O)OCc1ccccc1. The number of ether oxygens (including phenoxy) is 10. The van der Waals surface area contributed by atoms with E-state index in [1.54, 1.807) is 128 Å². The van der Waals surface area contributed by atoms with Gasteiger partial charge >= 0.3 is 18.2 Å². The molecule has 3 saturated heterocycles. The first kappa shape index (κ1) is 59.8. The third-order valence-corrected chi connectivity index (χ3v) is 14.2. The highest BCUT2D eigenvalue weighted by atomic mass is 16.8. The lowest BCUT2D eigenvalue weighted by atomic mass is 9.80. The van der Waals surface area contributed by atoms with Crippen LogP contribution in [-0.4, -0.2) is 161 Å². The van der Waals surface area contributed by atoms with Crippen LogP contribution in [-0.2, 0) is 72.0 Å². The van der Waals surface area contributed by atoms with Gasteiger partial charge in [-0.2, -0.15) is 0 Å². The van der Waals surface area contributed by atoms with E-state index in [2.05, 4.69) is 20.7 Å². The fourth-order valence-electron chi connectivity index (χ4n) is 10.1. The molecule has 80 heavy (non-hydrogen) atoms. The number of azide groups is 1. The molecule has 1 aliphatic carbocycles. The molecular weight excluding hydrogens is 1050 g/mol. The number of hydrogen-bond donors (Lipinski definition) is 9. The number of nitrogens with two attached hydrogens (primary N) is 2. The molecule has 4 aromatic carbocycles. The van der Waals surface area contributed by atoms with Crippen LogP contribution in [0.1, 0.15) is 54.7 Å². The second-order valence-corrected chi connectivity index (χ2v) is 20.0. The summed E-state index contributed by atoms with van der Waals surface area (Å²) in [6.07, 6.45) is -24.4. The van der Waals surface area contributed by atoms with Crippen LogP contribution >= 0.6 is 0 Å². The third kappa shape index (κ3) is 15.8. The third-order valence-electron chi connectivity index (χ3n) is 14.2. The van der Waals surface area contributed by atoms with Gasteiger partial charge in [0.1, 0.15) is 80.9 Å². The van der Waals surface area contributed by atoms with Crippen molar-refractivity contribution < 1.29 is 87.3 Å². The van der Waals surface area contributed by atoms with E-state index in [0.717, 1.165) is 0 Å². The maximum absolute atomic E-state index is 13.7. The van der Waals surface area contributed by atoms with E-state index in [9.17, 15) is 39.9 Å². The van der Waals surface area contributed by atoms with Gasteiger partial charge in [0.25, 0.3) is 0 Å². The molecule has 25 nitrogen and oxygen atoms in total. The lowest BCUT2D eigenvalue weighted by molar-refractivity contribution is -0.303. The molecule has 0 aromatic heterocycles. The number of hydrogen-bond acceptors (Lipinski definition) is 21. The van der Waals surface area contributed by atoms with Crippen LogP contribution in [0.5, 0.6) is 0 Å². The zero-order chi connectivity index (χ0) is 56.7. The summed E-state index contributed by atoms with van der Waals surface area (Å²) in [5.41, 5.74) is 24.6. The second-order valence-electron chi connectivity index (χ2n) is 20.0. The molecule has 432 valence electrons. The number of aliphatic hydroxyl groups is 5. The van der Waals surface area contributed by atoms with E-state index in [1.807, 2.05) is 0 Å². The first-order valence-electron chi connectivity index (χ1n) is 26.3. The van der Waals surface area contributed by atoms with Crippen molar-refractivity contribution in [3.05, 3.63) is 154 Å². The summed E-state index contributed by atoms with van der Waals surface area (Å²) in [6, 6.07) is 31.3. The standard InChI is InChI=1S/C55H69N7O18/c1-30-22-36(56)43(66)49(46(30)78-51-41(37(64)23-35(74-51)25-59-62-58)60-54(69)72-28-32-16-8-3-9-17-32)80-53-45(68)48(39(26-63)76-53)79-52-42(61-55(70)73-29-33-18-10-4-11-19-33)44(67)47(77-50(57)34-20-12-5-13-21-34)38(75-52)24-40(65)71-27-31-14-6-2-7-15-31/h2-21,30,35-39,41-53,63-64,66-68H,22-29,56-57H2,1H3,(H,60,69)(H,61,70)/t30-,35-,36+,37-,38-,39+,41+,42+,43-,44+,45+,46+,47+,48+,49+,50?,51+,52+,53-/m0/s1. The lowest BCUT2D eigenvalue weighted by Crippen LogP contribution is -2.66. The highest BCUT2D eigenvalue weighted by Crippen LogP contribution is 2.38. The summed E-state index contributed by atoms with van der Waals surface area (Å²) in [4.78, 5) is 43.3. The quantitative estimate of drug-likeness (QED) is 0.0136. The van der Waals surface area contributed by atoms with Gasteiger partial charge < -0.3 is 95.0 Å². The van der Waals surface area contributed by atoms with Crippen LogP contribution in [0, 0.1) is 5.92 Å². The Morgan fingerprint density at radius 1 is 0.650 bits per heavy atom. The van der Waals surface area contributed by atoms with Gasteiger partial charge in [-0.3, -0.25) is 4.79 Å². The number of esters is 1. The lowest BCUT2D eigenvalue weighted by Gasteiger charge is -2.47. The molecule has 4 aromatic rings. The summed E-state index contributed by atoms with van der Waals surface area (Å²) in [5, 5.41) is 67.3. The van der Waals surface area contributed by atoms with Gasteiger partial charge in [0.15, 0.2) is 18.9 Å². The minimum absolute atomic E-state index is 0.0802. The average molecular weight is 1120 g/mol. The van der Waals surface area contributed by atoms with Gasteiger partial charge in [0, 0.05) is 17.4 Å². The summed E-state index contributed by atoms with van der Waals surface area (Å²) in [7, 11) is 0. The van der Waals surface area contributed by atoms with E-state index in [0.29, 0.717) is 22.3 Å². The number of benzene rings is 4. The van der Waals surface area contributed by atoms with Crippen molar-refractivity contribution in [3.63, 3.8) is 0 Å². The number of rotatable bonds is 22. The molecule has 4 fully saturated rings. The Balaban J connectivity index is 1.03. The zero-order valence-electron chi connectivity index (χ0n) is 43.7. The Morgan fingerprint density at radius 3 is 1.74 bits per heavy atom. The van der Waals surface area contributed by atoms with Crippen LogP contribution in [0.25, 0.3) is 10.4 Å². The predicted molar refractivity (Wildman–Crippen MR) is 278 cm³/mol. The molecule has 2 amide bonds. The van der Waals surface area contributed by atoms with E-state index in [-0.39, 0.29) is 39.2 Å². The minimum Gasteiger partial charge on any atom is -0.461 e. The Hall–Kier alpha value is -6.36. The number of aliphatic hydroxyl groups excluding tert-OH is 5. The Bertz CT molecular complexity index is 2620. The molecular formula is C55H69N7O18. The summed E-state index contributed by atoms with van der Waals surface area (Å²) < 4.78 is 60.9. The molecule has 3 heterocycles. The second kappa shape index (κ2) is 28.9. The number of amides is 2. The van der Waals surface area contributed by atoms with Crippen molar-refractivity contribution in [1.29, 1.82) is 0 Å². The number of nitrogens with one attached hydrogen (secondary N) is 2. The van der Waals surface area contributed by atoms with E-state index < -0.39 is 147 Å². The van der Waals surface area contributed by atoms with Gasteiger partial charge in [-0.15, -0.1) is 0 Å². The molecule has 1 unspecified atom stereocenters.